The minimum atomic E-state index is -0.406. The molecule has 0 N–H and O–H groups in total. The highest BCUT2D eigenvalue weighted by molar-refractivity contribution is 6.22. The van der Waals surface area contributed by atoms with Gasteiger partial charge in [0.15, 0.2) is 0 Å². The Labute approximate surface area is 368 Å². The molecule has 0 aliphatic heterocycles. The molecule has 63 heavy (non-hydrogen) atoms. The first-order valence-corrected chi connectivity index (χ1v) is 21.9. The lowest BCUT2D eigenvalue weighted by Crippen LogP contribution is -2.25. The summed E-state index contributed by atoms with van der Waals surface area (Å²) >= 11 is 0. The summed E-state index contributed by atoms with van der Waals surface area (Å²) in [7, 11) is 0. The third-order valence-electron chi connectivity index (χ3n) is 13.5. The number of anilines is 3. The first-order chi connectivity index (χ1) is 31.2. The fourth-order valence-corrected chi connectivity index (χ4v) is 10.6. The number of para-hydroxylation sites is 1. The number of rotatable bonds is 7. The minimum Gasteiger partial charge on any atom is -0.310 e. The predicted octanol–water partition coefficient (Wildman–Crippen LogP) is 17.0. The van der Waals surface area contributed by atoms with Crippen molar-refractivity contribution in [2.24, 2.45) is 0 Å². The van der Waals surface area contributed by atoms with Crippen molar-refractivity contribution in [3.05, 3.63) is 259 Å². The number of benzene rings is 11. The summed E-state index contributed by atoms with van der Waals surface area (Å²) in [6.45, 7) is 2.42. The van der Waals surface area contributed by atoms with Crippen molar-refractivity contribution >= 4 is 49.4 Å². The second kappa shape index (κ2) is 14.9. The van der Waals surface area contributed by atoms with Crippen LogP contribution in [0.4, 0.5) is 17.1 Å². The van der Waals surface area contributed by atoms with Crippen LogP contribution in [0.25, 0.3) is 76.8 Å². The lowest BCUT2D eigenvalue weighted by atomic mass is 9.73. The molecule has 0 radical (unpaired) electrons. The molecule has 1 unspecified atom stereocenters. The van der Waals surface area contributed by atoms with Crippen LogP contribution in [0, 0.1) is 0 Å². The van der Waals surface area contributed by atoms with Gasteiger partial charge in [-0.3, -0.25) is 0 Å². The van der Waals surface area contributed by atoms with Crippen molar-refractivity contribution in [2.75, 3.05) is 4.90 Å². The van der Waals surface area contributed by atoms with Gasteiger partial charge in [-0.2, -0.15) is 0 Å². The lowest BCUT2D eigenvalue weighted by molar-refractivity contribution is 0.714. The van der Waals surface area contributed by atoms with Gasteiger partial charge in [-0.25, -0.2) is 0 Å². The Hall–Kier alpha value is -8.00. The zero-order valence-corrected chi connectivity index (χ0v) is 35.0. The van der Waals surface area contributed by atoms with Gasteiger partial charge >= 0.3 is 0 Å². The average molecular weight is 802 g/mol. The Morgan fingerprint density at radius 2 is 0.889 bits per heavy atom. The highest BCUT2D eigenvalue weighted by Gasteiger charge is 2.43. The molecule has 0 bridgehead atoms. The van der Waals surface area contributed by atoms with Crippen molar-refractivity contribution in [1.29, 1.82) is 0 Å². The maximum Gasteiger partial charge on any atom is 0.0540 e. The molecule has 1 nitrogen and oxygen atoms in total. The molecule has 12 rings (SSSR count). The van der Waals surface area contributed by atoms with Gasteiger partial charge in [0.2, 0.25) is 0 Å². The molecule has 0 spiro atoms. The van der Waals surface area contributed by atoms with Gasteiger partial charge in [-0.15, -0.1) is 0 Å². The van der Waals surface area contributed by atoms with E-state index in [9.17, 15) is 0 Å². The minimum absolute atomic E-state index is 0.406. The summed E-state index contributed by atoms with van der Waals surface area (Å²) in [5.41, 5.74) is 16.7. The van der Waals surface area contributed by atoms with Crippen LogP contribution in [-0.2, 0) is 5.41 Å². The average Bonchev–Trinajstić information content (AvgIpc) is 3.63. The SMILES string of the molecule is CC1(c2ccccc2)c2ccccc2-c2cccc(N(c3ccc4ccccc4c3)c3ccccc3-c3ccc4c(c3)c(-c3ccccc3)c(-c3ccccc3)c3ccccc34)c21. The molecule has 0 heterocycles. The van der Waals surface area contributed by atoms with Crippen LogP contribution in [0.1, 0.15) is 23.6 Å². The molecule has 296 valence electrons. The summed E-state index contributed by atoms with van der Waals surface area (Å²) in [6, 6.07) is 89.5. The zero-order valence-electron chi connectivity index (χ0n) is 35.0. The number of hydrogen-bond donors (Lipinski definition) is 0. The maximum atomic E-state index is 2.53. The largest absolute Gasteiger partial charge is 0.310 e. The highest BCUT2D eigenvalue weighted by Crippen LogP contribution is 2.58. The summed E-state index contributed by atoms with van der Waals surface area (Å²) in [5, 5.41) is 7.41. The molecule has 11 aromatic rings. The third-order valence-corrected chi connectivity index (χ3v) is 13.5. The van der Waals surface area contributed by atoms with Crippen LogP contribution in [0.2, 0.25) is 0 Å². The summed E-state index contributed by atoms with van der Waals surface area (Å²) in [6.07, 6.45) is 0. The normalized spacial score (nSPS) is 14.2. The first-order valence-electron chi connectivity index (χ1n) is 21.9. The Morgan fingerprint density at radius 1 is 0.333 bits per heavy atom. The number of hydrogen-bond acceptors (Lipinski definition) is 1. The zero-order chi connectivity index (χ0) is 41.9. The Morgan fingerprint density at radius 3 is 1.65 bits per heavy atom. The van der Waals surface area contributed by atoms with Gasteiger partial charge in [-0.05, 0) is 125 Å². The predicted molar refractivity (Wildman–Crippen MR) is 267 cm³/mol. The van der Waals surface area contributed by atoms with Crippen molar-refractivity contribution in [3.63, 3.8) is 0 Å². The van der Waals surface area contributed by atoms with Crippen molar-refractivity contribution in [1.82, 2.24) is 0 Å². The van der Waals surface area contributed by atoms with E-state index < -0.39 is 5.41 Å². The Kier molecular flexibility index (Phi) is 8.69. The molecule has 0 saturated carbocycles. The number of fused-ring (bicyclic) bond motifs is 7. The maximum absolute atomic E-state index is 2.53. The van der Waals surface area contributed by atoms with Gasteiger partial charge in [0.05, 0.1) is 11.4 Å². The summed E-state index contributed by atoms with van der Waals surface area (Å²) < 4.78 is 0. The van der Waals surface area contributed by atoms with E-state index in [0.29, 0.717) is 0 Å². The Balaban J connectivity index is 1.15. The van der Waals surface area contributed by atoms with Crippen molar-refractivity contribution < 1.29 is 0 Å². The van der Waals surface area contributed by atoms with Gasteiger partial charge in [-0.1, -0.05) is 212 Å². The lowest BCUT2D eigenvalue weighted by Gasteiger charge is -2.35. The quantitative estimate of drug-likeness (QED) is 0.145. The number of nitrogens with zero attached hydrogens (tertiary/aromatic N) is 1. The second-order valence-corrected chi connectivity index (χ2v) is 16.9. The van der Waals surface area contributed by atoms with Crippen LogP contribution < -0.4 is 4.90 Å². The summed E-state index contributed by atoms with van der Waals surface area (Å²) in [5.74, 6) is 0. The molecule has 1 aliphatic rings. The summed E-state index contributed by atoms with van der Waals surface area (Å²) in [4.78, 5) is 2.53. The molecule has 1 heteroatoms. The third kappa shape index (κ3) is 5.85. The van der Waals surface area contributed by atoms with Crippen LogP contribution in [0.15, 0.2) is 243 Å². The van der Waals surface area contributed by atoms with Gasteiger partial charge in [0.1, 0.15) is 0 Å². The molecule has 1 aliphatic carbocycles. The van der Waals surface area contributed by atoms with E-state index in [-0.39, 0.29) is 0 Å². The Bertz CT molecular complexity index is 3520. The molecule has 0 amide bonds. The smallest absolute Gasteiger partial charge is 0.0540 e. The van der Waals surface area contributed by atoms with E-state index in [0.717, 1.165) is 22.5 Å². The highest BCUT2D eigenvalue weighted by atomic mass is 15.1. The van der Waals surface area contributed by atoms with E-state index in [1.807, 2.05) is 0 Å². The first kappa shape index (κ1) is 36.8. The van der Waals surface area contributed by atoms with E-state index in [1.54, 1.807) is 0 Å². The molecule has 0 aromatic heterocycles. The molecule has 0 saturated heterocycles. The fraction of sp³-hybridized carbons (Fsp3) is 0.0323. The van der Waals surface area contributed by atoms with Crippen LogP contribution in [0.3, 0.4) is 0 Å². The molecular weight excluding hydrogens is 759 g/mol. The van der Waals surface area contributed by atoms with Crippen molar-refractivity contribution in [3.8, 4) is 44.5 Å². The molecule has 0 fully saturated rings. The topological polar surface area (TPSA) is 3.24 Å². The molecule has 11 aromatic carbocycles. The van der Waals surface area contributed by atoms with E-state index in [1.165, 1.54) is 88.1 Å². The van der Waals surface area contributed by atoms with Gasteiger partial charge in [0.25, 0.3) is 0 Å². The fourth-order valence-electron chi connectivity index (χ4n) is 10.6. The van der Waals surface area contributed by atoms with Gasteiger partial charge < -0.3 is 4.90 Å². The standard InChI is InChI=1S/C62H43N/c1-62(47-26-9-4-10-27-47)56-33-17-15-30-52(56)54-32-19-35-58(61(54)62)63(48-38-36-42-20-11-12-25-45(42)40-48)57-34-18-16-28-49(57)46-37-39-51-50-29-13-14-31-53(50)59(43-21-5-2-6-22-43)60(55(51)41-46)44-23-7-3-8-24-44/h2-41H,1H3. The van der Waals surface area contributed by atoms with Gasteiger partial charge in [0, 0.05) is 16.7 Å². The van der Waals surface area contributed by atoms with E-state index in [2.05, 4.69) is 254 Å². The van der Waals surface area contributed by atoms with Crippen LogP contribution >= 0.6 is 0 Å². The molecule has 1 atom stereocenters. The van der Waals surface area contributed by atoms with Crippen LogP contribution in [0.5, 0.6) is 0 Å². The van der Waals surface area contributed by atoms with E-state index >= 15 is 0 Å². The van der Waals surface area contributed by atoms with Crippen molar-refractivity contribution in [2.45, 2.75) is 12.3 Å². The molecular formula is C62H43N. The van der Waals surface area contributed by atoms with Crippen LogP contribution in [-0.4, -0.2) is 0 Å². The monoisotopic (exact) mass is 801 g/mol. The second-order valence-electron chi connectivity index (χ2n) is 16.9. The van der Waals surface area contributed by atoms with E-state index in [4.69, 9.17) is 0 Å².